The van der Waals surface area contributed by atoms with Crippen LogP contribution >= 0.6 is 0 Å². The molecule has 1 unspecified atom stereocenters. The van der Waals surface area contributed by atoms with Gasteiger partial charge in [0.05, 0.1) is 0 Å². The molecule has 0 aliphatic rings. The molecule has 0 saturated heterocycles. The molecular weight excluding hydrogens is 985 g/mol. The van der Waals surface area contributed by atoms with E-state index >= 15 is 0 Å². The molecule has 6 heteroatoms. The van der Waals surface area contributed by atoms with Gasteiger partial charge in [-0.2, -0.15) is 0 Å². The Morgan fingerprint density at radius 2 is 0.487 bits per heavy atom. The standard InChI is InChI=1S/C74H128O6/c1-4-7-10-13-16-19-22-25-28-31-33-35-36-37-38-39-41-43-46-49-52-55-58-61-64-67-73(76)79-70-71(69-78-72(75)66-63-60-57-54-51-48-45-42-30-27-24-21-18-15-12-9-6-3)80-74(77)68-65-62-59-56-53-50-47-44-40-34-32-29-26-23-20-17-14-11-8-5-2/h7,9-10,12,16,18-19,21,25,27-28,30,33,35,45,48,71H,4-6,8,11,13-15,17,20,22-24,26,29,31-32,34,36-44,46-47,49-70H2,1-3H3/b10-7-,12-9-,19-16-,21-18-,28-25-,30-27-,35-33-,48-45-. The van der Waals surface area contributed by atoms with Gasteiger partial charge in [0.2, 0.25) is 0 Å². The fraction of sp³-hybridized carbons (Fsp3) is 0.743. The van der Waals surface area contributed by atoms with E-state index in [0.717, 1.165) is 122 Å². The largest absolute Gasteiger partial charge is 0.462 e. The van der Waals surface area contributed by atoms with Gasteiger partial charge >= 0.3 is 17.9 Å². The summed E-state index contributed by atoms with van der Waals surface area (Å²) in [5.74, 6) is -0.893. The van der Waals surface area contributed by atoms with Gasteiger partial charge in [-0.25, -0.2) is 0 Å². The molecule has 0 rings (SSSR count). The van der Waals surface area contributed by atoms with E-state index in [1.54, 1.807) is 0 Å². The van der Waals surface area contributed by atoms with E-state index in [0.29, 0.717) is 19.3 Å². The minimum Gasteiger partial charge on any atom is -0.462 e. The zero-order valence-electron chi connectivity index (χ0n) is 52.8. The van der Waals surface area contributed by atoms with Crippen LogP contribution in [0.2, 0.25) is 0 Å². The van der Waals surface area contributed by atoms with E-state index in [1.807, 2.05) is 0 Å². The summed E-state index contributed by atoms with van der Waals surface area (Å²) in [7, 11) is 0. The van der Waals surface area contributed by atoms with Gasteiger partial charge < -0.3 is 14.2 Å². The minimum atomic E-state index is -0.789. The zero-order valence-corrected chi connectivity index (χ0v) is 52.8. The third-order valence-corrected chi connectivity index (χ3v) is 14.8. The fourth-order valence-corrected chi connectivity index (χ4v) is 9.78. The summed E-state index contributed by atoms with van der Waals surface area (Å²) in [4.78, 5) is 38.4. The van der Waals surface area contributed by atoms with Crippen LogP contribution in [0.5, 0.6) is 0 Å². The van der Waals surface area contributed by atoms with Crippen LogP contribution in [0.4, 0.5) is 0 Å². The lowest BCUT2D eigenvalue weighted by molar-refractivity contribution is -0.167. The normalized spacial score (nSPS) is 12.7. The van der Waals surface area contributed by atoms with Gasteiger partial charge in [0.15, 0.2) is 6.10 Å². The van der Waals surface area contributed by atoms with E-state index in [2.05, 4.69) is 118 Å². The highest BCUT2D eigenvalue weighted by Gasteiger charge is 2.19. The third kappa shape index (κ3) is 65.1. The van der Waals surface area contributed by atoms with Crippen LogP contribution in [0.1, 0.15) is 335 Å². The molecule has 80 heavy (non-hydrogen) atoms. The first-order valence-electron chi connectivity index (χ1n) is 34.2. The zero-order chi connectivity index (χ0) is 57.8. The van der Waals surface area contributed by atoms with Gasteiger partial charge in [0.1, 0.15) is 13.2 Å². The highest BCUT2D eigenvalue weighted by molar-refractivity contribution is 5.71. The van der Waals surface area contributed by atoms with Crippen molar-refractivity contribution in [2.45, 2.75) is 341 Å². The van der Waals surface area contributed by atoms with Crippen molar-refractivity contribution in [3.63, 3.8) is 0 Å². The Balaban J connectivity index is 4.36. The predicted octanol–water partition coefficient (Wildman–Crippen LogP) is 23.6. The van der Waals surface area contributed by atoms with E-state index in [1.165, 1.54) is 173 Å². The minimum absolute atomic E-state index is 0.0836. The first-order chi connectivity index (χ1) is 39.5. The number of allylic oxidation sites excluding steroid dienone is 16. The van der Waals surface area contributed by atoms with Crippen molar-refractivity contribution in [1.29, 1.82) is 0 Å². The van der Waals surface area contributed by atoms with E-state index in [-0.39, 0.29) is 31.1 Å². The molecule has 0 aromatic rings. The maximum Gasteiger partial charge on any atom is 0.306 e. The topological polar surface area (TPSA) is 78.9 Å². The monoisotopic (exact) mass is 1110 g/mol. The second-order valence-corrected chi connectivity index (χ2v) is 22.7. The molecule has 0 saturated carbocycles. The molecule has 0 amide bonds. The molecule has 460 valence electrons. The lowest BCUT2D eigenvalue weighted by Gasteiger charge is -2.18. The summed E-state index contributed by atoms with van der Waals surface area (Å²) in [6.45, 7) is 6.44. The molecule has 0 aromatic carbocycles. The van der Waals surface area contributed by atoms with Crippen LogP contribution in [-0.2, 0) is 28.6 Å². The first-order valence-corrected chi connectivity index (χ1v) is 34.2. The summed E-state index contributed by atoms with van der Waals surface area (Å²) < 4.78 is 17.0. The van der Waals surface area contributed by atoms with Crippen LogP contribution in [-0.4, -0.2) is 37.2 Å². The first kappa shape index (κ1) is 76.3. The average Bonchev–Trinajstić information content (AvgIpc) is 3.46. The molecule has 0 heterocycles. The van der Waals surface area contributed by atoms with Gasteiger partial charge in [0.25, 0.3) is 0 Å². The van der Waals surface area contributed by atoms with E-state index in [9.17, 15) is 14.4 Å². The molecule has 6 nitrogen and oxygen atoms in total. The summed E-state index contributed by atoms with van der Waals surface area (Å²) in [5, 5.41) is 0. The van der Waals surface area contributed by atoms with Crippen molar-refractivity contribution in [2.75, 3.05) is 13.2 Å². The molecule has 0 bridgehead atoms. The lowest BCUT2D eigenvalue weighted by atomic mass is 10.0. The van der Waals surface area contributed by atoms with Crippen LogP contribution in [0.25, 0.3) is 0 Å². The highest BCUT2D eigenvalue weighted by Crippen LogP contribution is 2.17. The third-order valence-electron chi connectivity index (χ3n) is 14.8. The van der Waals surface area contributed by atoms with Crippen LogP contribution in [0, 0.1) is 0 Å². The van der Waals surface area contributed by atoms with E-state index < -0.39 is 6.10 Å². The Hall–Kier alpha value is -3.67. The average molecular weight is 1110 g/mol. The van der Waals surface area contributed by atoms with Crippen molar-refractivity contribution in [3.8, 4) is 0 Å². The quantitative estimate of drug-likeness (QED) is 0.0261. The summed E-state index contributed by atoms with van der Waals surface area (Å²) >= 11 is 0. The Kier molecular flexibility index (Phi) is 64.7. The number of hydrogen-bond donors (Lipinski definition) is 0. The van der Waals surface area contributed by atoms with Gasteiger partial charge in [-0.15, -0.1) is 0 Å². The molecule has 1 atom stereocenters. The van der Waals surface area contributed by atoms with Crippen molar-refractivity contribution in [1.82, 2.24) is 0 Å². The predicted molar refractivity (Wildman–Crippen MR) is 348 cm³/mol. The number of carbonyl (C=O) groups excluding carboxylic acids is 3. The van der Waals surface area contributed by atoms with Crippen molar-refractivity contribution < 1.29 is 28.6 Å². The molecule has 0 fully saturated rings. The maximum absolute atomic E-state index is 13.0. The Labute approximate surface area is 496 Å². The molecular formula is C74H128O6. The van der Waals surface area contributed by atoms with Crippen LogP contribution in [0.15, 0.2) is 97.2 Å². The molecule has 0 spiro atoms. The molecule has 0 radical (unpaired) electrons. The van der Waals surface area contributed by atoms with Crippen molar-refractivity contribution in [2.24, 2.45) is 0 Å². The second kappa shape index (κ2) is 67.8. The smallest absolute Gasteiger partial charge is 0.306 e. The number of unbranched alkanes of at least 4 members (excludes halogenated alkanes) is 35. The molecule has 0 aliphatic heterocycles. The Morgan fingerprint density at radius 1 is 0.263 bits per heavy atom. The second-order valence-electron chi connectivity index (χ2n) is 22.7. The summed E-state index contributed by atoms with van der Waals surface area (Å²) in [5.41, 5.74) is 0. The number of hydrogen-bond acceptors (Lipinski definition) is 6. The SMILES string of the molecule is CC/C=C\C/C=C\C/C=C\C/C=C\CCCCCCCCCCCCCCC(=O)OCC(COC(=O)CCCCCC/C=C\C/C=C\C/C=C\C/C=C\CC)OC(=O)CCCCCCCCCCCCCCCCCCCCCC. The summed E-state index contributed by atoms with van der Waals surface area (Å²) in [6, 6.07) is 0. The molecule has 0 aliphatic carbocycles. The lowest BCUT2D eigenvalue weighted by Crippen LogP contribution is -2.30. The van der Waals surface area contributed by atoms with Gasteiger partial charge in [-0.1, -0.05) is 317 Å². The van der Waals surface area contributed by atoms with Crippen LogP contribution in [0.3, 0.4) is 0 Å². The van der Waals surface area contributed by atoms with Gasteiger partial charge in [-0.3, -0.25) is 14.4 Å². The van der Waals surface area contributed by atoms with Crippen molar-refractivity contribution >= 4 is 17.9 Å². The number of rotatable bonds is 62. The summed E-state index contributed by atoms with van der Waals surface area (Å²) in [6.07, 6.45) is 91.4. The van der Waals surface area contributed by atoms with Gasteiger partial charge in [-0.05, 0) is 96.3 Å². The van der Waals surface area contributed by atoms with E-state index in [4.69, 9.17) is 14.2 Å². The maximum atomic E-state index is 13.0. The number of ether oxygens (including phenoxy) is 3. The van der Waals surface area contributed by atoms with Gasteiger partial charge in [0, 0.05) is 19.3 Å². The van der Waals surface area contributed by atoms with Crippen molar-refractivity contribution in [3.05, 3.63) is 97.2 Å². The number of carbonyl (C=O) groups is 3. The van der Waals surface area contributed by atoms with Crippen LogP contribution < -0.4 is 0 Å². The fourth-order valence-electron chi connectivity index (χ4n) is 9.78. The Bertz CT molecular complexity index is 1560. The Morgan fingerprint density at radius 3 is 0.762 bits per heavy atom. The number of esters is 3. The highest BCUT2D eigenvalue weighted by atomic mass is 16.6. The molecule has 0 aromatic heterocycles. The molecule has 0 N–H and O–H groups in total.